The first-order valence-corrected chi connectivity index (χ1v) is 8.68. The fourth-order valence-electron chi connectivity index (χ4n) is 2.03. The van der Waals surface area contributed by atoms with E-state index in [0.717, 1.165) is 19.3 Å². The number of aromatic nitrogens is 1. The first kappa shape index (κ1) is 15.5. The summed E-state index contributed by atoms with van der Waals surface area (Å²) in [5, 5.41) is 3.28. The molecule has 112 valence electrons. The van der Waals surface area contributed by atoms with Gasteiger partial charge in [-0.1, -0.05) is 18.5 Å². The molecule has 0 bridgehead atoms. The second kappa shape index (κ2) is 5.87. The van der Waals surface area contributed by atoms with Gasteiger partial charge in [0.2, 0.25) is 10.0 Å². The lowest BCUT2D eigenvalue weighted by atomic mass is 10.1. The summed E-state index contributed by atoms with van der Waals surface area (Å²) in [6, 6.07) is 1.43. The Hall–Kier alpha value is -0.850. The molecule has 2 N–H and O–H groups in total. The monoisotopic (exact) mass is 317 g/mol. The van der Waals surface area contributed by atoms with Crippen molar-refractivity contribution >= 4 is 27.4 Å². The minimum absolute atomic E-state index is 0.107. The molecule has 0 radical (unpaired) electrons. The van der Waals surface area contributed by atoms with Crippen molar-refractivity contribution in [3.8, 4) is 0 Å². The molecule has 0 atom stereocenters. The van der Waals surface area contributed by atoms with Crippen molar-refractivity contribution in [1.29, 1.82) is 0 Å². The highest BCUT2D eigenvalue weighted by Gasteiger charge is 2.41. The second-order valence-corrected chi connectivity index (χ2v) is 7.38. The van der Waals surface area contributed by atoms with Crippen LogP contribution in [0, 0.1) is 5.41 Å². The van der Waals surface area contributed by atoms with Crippen molar-refractivity contribution in [3.05, 3.63) is 17.3 Å². The van der Waals surface area contributed by atoms with E-state index in [0.29, 0.717) is 23.9 Å². The summed E-state index contributed by atoms with van der Waals surface area (Å²) < 4.78 is 27.1. The molecule has 1 aliphatic rings. The number of hydrogen-bond acceptors (Lipinski definition) is 4. The highest BCUT2D eigenvalue weighted by Crippen LogP contribution is 2.48. The van der Waals surface area contributed by atoms with Gasteiger partial charge < -0.3 is 5.32 Å². The predicted octanol–water partition coefficient (Wildman–Crippen LogP) is 2.64. The summed E-state index contributed by atoms with van der Waals surface area (Å²) in [4.78, 5) is 4.16. The summed E-state index contributed by atoms with van der Waals surface area (Å²) in [6.07, 6.45) is 4.50. The van der Waals surface area contributed by atoms with E-state index in [4.69, 9.17) is 11.6 Å². The summed E-state index contributed by atoms with van der Waals surface area (Å²) >= 11 is 6.03. The van der Waals surface area contributed by atoms with E-state index in [9.17, 15) is 8.42 Å². The summed E-state index contributed by atoms with van der Waals surface area (Å²) in [6.45, 7) is 5.17. The average Bonchev–Trinajstić information content (AvgIpc) is 3.20. The van der Waals surface area contributed by atoms with Crippen molar-refractivity contribution < 1.29 is 8.42 Å². The Morgan fingerprint density at radius 2 is 2.10 bits per heavy atom. The Morgan fingerprint density at radius 1 is 1.40 bits per heavy atom. The summed E-state index contributed by atoms with van der Waals surface area (Å²) in [7, 11) is -3.54. The van der Waals surface area contributed by atoms with Crippen LogP contribution in [-0.2, 0) is 10.0 Å². The first-order chi connectivity index (χ1) is 9.42. The number of rotatable bonds is 7. The van der Waals surface area contributed by atoms with E-state index in [-0.39, 0.29) is 10.3 Å². The third-order valence-corrected chi connectivity index (χ3v) is 5.47. The van der Waals surface area contributed by atoms with Crippen LogP contribution < -0.4 is 10.0 Å². The van der Waals surface area contributed by atoms with Gasteiger partial charge in [-0.25, -0.2) is 18.1 Å². The van der Waals surface area contributed by atoms with Crippen LogP contribution in [0.4, 0.5) is 5.82 Å². The zero-order chi connectivity index (χ0) is 14.8. The van der Waals surface area contributed by atoms with Crippen molar-refractivity contribution in [2.75, 3.05) is 18.4 Å². The number of nitrogens with zero attached hydrogens (tertiary/aromatic N) is 1. The standard InChI is InChI=1S/C13H20ClN3O2S/c1-3-13(5-6-13)9-17-20(18,19)10-7-11(14)12(15-4-2)16-8-10/h7-8,17H,3-6,9H2,1-2H3,(H,15,16). The molecule has 7 heteroatoms. The topological polar surface area (TPSA) is 71.1 Å². The predicted molar refractivity (Wildman–Crippen MR) is 80.6 cm³/mol. The van der Waals surface area contributed by atoms with Gasteiger partial charge in [0.25, 0.3) is 0 Å². The number of sulfonamides is 1. The van der Waals surface area contributed by atoms with Gasteiger partial charge in [-0.2, -0.15) is 0 Å². The third kappa shape index (κ3) is 3.42. The molecular weight excluding hydrogens is 298 g/mol. The smallest absolute Gasteiger partial charge is 0.242 e. The van der Waals surface area contributed by atoms with Gasteiger partial charge in [0.1, 0.15) is 10.7 Å². The SMILES string of the molecule is CCNc1ncc(S(=O)(=O)NCC2(CC)CC2)cc1Cl. The number of nitrogens with one attached hydrogen (secondary N) is 2. The number of pyridine rings is 1. The minimum atomic E-state index is -3.54. The molecule has 0 amide bonds. The lowest BCUT2D eigenvalue weighted by molar-refractivity contribution is 0.475. The van der Waals surface area contributed by atoms with Crippen molar-refractivity contribution in [1.82, 2.24) is 9.71 Å². The Bertz CT molecular complexity index is 585. The molecule has 2 rings (SSSR count). The van der Waals surface area contributed by atoms with Crippen LogP contribution in [0.3, 0.4) is 0 Å². The fourth-order valence-corrected chi connectivity index (χ4v) is 3.45. The third-order valence-electron chi connectivity index (χ3n) is 3.81. The Morgan fingerprint density at radius 3 is 2.60 bits per heavy atom. The minimum Gasteiger partial charge on any atom is -0.369 e. The quantitative estimate of drug-likeness (QED) is 0.811. The van der Waals surface area contributed by atoms with Crippen LogP contribution in [0.25, 0.3) is 0 Å². The molecule has 0 saturated heterocycles. The summed E-state index contributed by atoms with van der Waals surface area (Å²) in [5.74, 6) is 0.500. The van der Waals surface area contributed by atoms with Gasteiger partial charge in [0, 0.05) is 19.3 Å². The van der Waals surface area contributed by atoms with Gasteiger partial charge in [0.15, 0.2) is 0 Å². The van der Waals surface area contributed by atoms with Crippen molar-refractivity contribution in [2.24, 2.45) is 5.41 Å². The van der Waals surface area contributed by atoms with Crippen LogP contribution in [0.15, 0.2) is 17.2 Å². The number of hydrogen-bond donors (Lipinski definition) is 2. The van der Waals surface area contributed by atoms with Crippen LogP contribution >= 0.6 is 11.6 Å². The maximum atomic E-state index is 12.2. The molecule has 0 unspecified atom stereocenters. The molecule has 0 aromatic carbocycles. The summed E-state index contributed by atoms with van der Waals surface area (Å²) in [5.41, 5.74) is 0.161. The first-order valence-electron chi connectivity index (χ1n) is 6.81. The van der Waals surface area contributed by atoms with Crippen LogP contribution in [0.5, 0.6) is 0 Å². The van der Waals surface area contributed by atoms with Crippen LogP contribution in [0.1, 0.15) is 33.1 Å². The number of halogens is 1. The molecule has 20 heavy (non-hydrogen) atoms. The zero-order valence-electron chi connectivity index (χ0n) is 11.7. The van der Waals surface area contributed by atoms with E-state index in [1.165, 1.54) is 12.3 Å². The maximum Gasteiger partial charge on any atom is 0.242 e. The molecule has 1 saturated carbocycles. The molecule has 0 aliphatic heterocycles. The maximum absolute atomic E-state index is 12.2. The van der Waals surface area contributed by atoms with E-state index in [2.05, 4.69) is 21.9 Å². The van der Waals surface area contributed by atoms with E-state index in [1.807, 2.05) is 6.92 Å². The molecule has 1 aromatic rings. The Balaban J connectivity index is 2.11. The van der Waals surface area contributed by atoms with E-state index in [1.54, 1.807) is 0 Å². The van der Waals surface area contributed by atoms with Gasteiger partial charge in [-0.3, -0.25) is 0 Å². The van der Waals surface area contributed by atoms with Gasteiger partial charge in [0.05, 0.1) is 5.02 Å². The Labute approximate surface area is 125 Å². The van der Waals surface area contributed by atoms with E-state index < -0.39 is 10.0 Å². The second-order valence-electron chi connectivity index (χ2n) is 5.21. The lowest BCUT2D eigenvalue weighted by Crippen LogP contribution is -2.30. The normalized spacial score (nSPS) is 16.9. The van der Waals surface area contributed by atoms with Crippen LogP contribution in [-0.4, -0.2) is 26.5 Å². The van der Waals surface area contributed by atoms with E-state index >= 15 is 0 Å². The number of anilines is 1. The van der Waals surface area contributed by atoms with Gasteiger partial charge in [-0.05, 0) is 37.7 Å². The van der Waals surface area contributed by atoms with Crippen molar-refractivity contribution in [3.63, 3.8) is 0 Å². The van der Waals surface area contributed by atoms with Crippen LogP contribution in [0.2, 0.25) is 5.02 Å². The highest BCUT2D eigenvalue weighted by atomic mass is 35.5. The molecule has 1 aliphatic carbocycles. The largest absolute Gasteiger partial charge is 0.369 e. The molecule has 1 fully saturated rings. The molecule has 5 nitrogen and oxygen atoms in total. The molecular formula is C13H20ClN3O2S. The Kier molecular flexibility index (Phi) is 4.56. The highest BCUT2D eigenvalue weighted by molar-refractivity contribution is 7.89. The van der Waals surface area contributed by atoms with Gasteiger partial charge in [-0.15, -0.1) is 0 Å². The fraction of sp³-hybridized carbons (Fsp3) is 0.615. The molecule has 1 aromatic heterocycles. The molecule has 1 heterocycles. The average molecular weight is 318 g/mol. The zero-order valence-corrected chi connectivity index (χ0v) is 13.3. The molecule has 0 spiro atoms. The van der Waals surface area contributed by atoms with Crippen molar-refractivity contribution in [2.45, 2.75) is 38.0 Å². The lowest BCUT2D eigenvalue weighted by Gasteiger charge is -2.14. The van der Waals surface area contributed by atoms with Gasteiger partial charge >= 0.3 is 0 Å².